The van der Waals surface area contributed by atoms with Gasteiger partial charge in [0.1, 0.15) is 18.0 Å². The highest BCUT2D eigenvalue weighted by atomic mass is 32.2. The number of hydrogen-bond acceptors (Lipinski definition) is 6. The fraction of sp³-hybridized carbons (Fsp3) is 0.259. The average Bonchev–Trinajstić information content (AvgIpc) is 2.84. The summed E-state index contributed by atoms with van der Waals surface area (Å²) in [6, 6.07) is 20.4. The zero-order chi connectivity index (χ0) is 26.1. The van der Waals surface area contributed by atoms with Crippen molar-refractivity contribution in [1.29, 1.82) is 0 Å². The number of aryl methyl sites for hydroxylation is 1. The molecule has 0 aromatic heterocycles. The second-order valence-corrected chi connectivity index (χ2v) is 10.1. The van der Waals surface area contributed by atoms with Crippen molar-refractivity contribution in [2.24, 2.45) is 5.10 Å². The molecule has 0 aliphatic rings. The van der Waals surface area contributed by atoms with Crippen molar-refractivity contribution in [1.82, 2.24) is 5.43 Å². The summed E-state index contributed by atoms with van der Waals surface area (Å²) in [7, 11) is -4.07. The van der Waals surface area contributed by atoms with E-state index in [9.17, 15) is 13.2 Å². The highest BCUT2D eigenvalue weighted by molar-refractivity contribution is 7.92. The fourth-order valence-corrected chi connectivity index (χ4v) is 4.76. The van der Waals surface area contributed by atoms with Gasteiger partial charge in [0.2, 0.25) is 0 Å². The minimum absolute atomic E-state index is 0.0656. The van der Waals surface area contributed by atoms with Gasteiger partial charge >= 0.3 is 0 Å². The normalized spacial score (nSPS) is 11.5. The number of anilines is 1. The van der Waals surface area contributed by atoms with E-state index >= 15 is 0 Å². The Balaban J connectivity index is 1.82. The molecule has 9 heteroatoms. The van der Waals surface area contributed by atoms with E-state index in [-0.39, 0.29) is 16.7 Å². The van der Waals surface area contributed by atoms with Crippen LogP contribution in [0.3, 0.4) is 0 Å². The average molecular weight is 510 g/mol. The lowest BCUT2D eigenvalue weighted by Gasteiger charge is -2.25. The number of rotatable bonds is 11. The van der Waals surface area contributed by atoms with E-state index in [4.69, 9.17) is 9.47 Å². The molecule has 3 aromatic rings. The number of para-hydroxylation sites is 2. The van der Waals surface area contributed by atoms with E-state index in [1.807, 2.05) is 32.9 Å². The zero-order valence-corrected chi connectivity index (χ0v) is 21.7. The SMILES string of the molecule is CCOc1ccccc1N(CC(=O)N/N=C\c1ccc(OC(C)C)cc1)S(=O)(=O)c1ccc(C)cc1. The standard InChI is InChI=1S/C27H31N3O5S/c1-5-34-26-9-7-6-8-25(26)30(36(32,33)24-16-10-21(4)11-17-24)19-27(31)29-28-18-22-12-14-23(15-13-22)35-20(2)3/h6-18,20H,5,19H2,1-4H3,(H,29,31)/b28-18-. The number of nitrogens with one attached hydrogen (secondary N) is 1. The Morgan fingerprint density at radius 2 is 1.69 bits per heavy atom. The van der Waals surface area contributed by atoms with Crippen LogP contribution in [0.2, 0.25) is 0 Å². The fourth-order valence-electron chi connectivity index (χ4n) is 3.33. The summed E-state index contributed by atoms with van der Waals surface area (Å²) in [4.78, 5) is 12.9. The maximum absolute atomic E-state index is 13.6. The number of hydrogen-bond donors (Lipinski definition) is 1. The van der Waals surface area contributed by atoms with Crippen molar-refractivity contribution < 1.29 is 22.7 Å². The van der Waals surface area contributed by atoms with Gasteiger partial charge < -0.3 is 9.47 Å². The number of benzene rings is 3. The highest BCUT2D eigenvalue weighted by Gasteiger charge is 2.29. The Bertz CT molecular complexity index is 1290. The first-order valence-electron chi connectivity index (χ1n) is 11.6. The Labute approximate surface area is 212 Å². The third-order valence-electron chi connectivity index (χ3n) is 4.98. The Morgan fingerprint density at radius 1 is 1.03 bits per heavy atom. The van der Waals surface area contributed by atoms with E-state index in [0.717, 1.165) is 21.2 Å². The molecule has 0 saturated carbocycles. The Morgan fingerprint density at radius 3 is 2.33 bits per heavy atom. The van der Waals surface area contributed by atoms with E-state index in [1.54, 1.807) is 55.5 Å². The van der Waals surface area contributed by atoms with Crippen molar-refractivity contribution in [2.75, 3.05) is 17.5 Å². The molecule has 0 spiro atoms. The predicted molar refractivity (Wildman–Crippen MR) is 141 cm³/mol. The van der Waals surface area contributed by atoms with E-state index in [1.165, 1.54) is 18.3 Å². The largest absolute Gasteiger partial charge is 0.492 e. The highest BCUT2D eigenvalue weighted by Crippen LogP contribution is 2.32. The van der Waals surface area contributed by atoms with Gasteiger partial charge in [0.15, 0.2) is 0 Å². The monoisotopic (exact) mass is 509 g/mol. The topological polar surface area (TPSA) is 97.3 Å². The first-order valence-corrected chi connectivity index (χ1v) is 13.0. The van der Waals surface area contributed by atoms with Crippen LogP contribution in [0.25, 0.3) is 0 Å². The summed E-state index contributed by atoms with van der Waals surface area (Å²) in [5, 5.41) is 3.99. The van der Waals surface area contributed by atoms with Gasteiger partial charge in [-0.1, -0.05) is 29.8 Å². The molecule has 3 aromatic carbocycles. The van der Waals surface area contributed by atoms with Gasteiger partial charge in [0, 0.05) is 0 Å². The van der Waals surface area contributed by atoms with Crippen molar-refractivity contribution in [2.45, 2.75) is 38.7 Å². The van der Waals surface area contributed by atoms with Crippen LogP contribution < -0.4 is 19.2 Å². The van der Waals surface area contributed by atoms with Crippen molar-refractivity contribution in [3.05, 3.63) is 83.9 Å². The van der Waals surface area contributed by atoms with Gasteiger partial charge in [0.05, 0.1) is 29.5 Å². The molecular formula is C27H31N3O5S. The van der Waals surface area contributed by atoms with Crippen molar-refractivity contribution in [3.63, 3.8) is 0 Å². The second kappa shape index (κ2) is 12.2. The molecule has 0 aliphatic heterocycles. The van der Waals surface area contributed by atoms with Gasteiger partial charge in [-0.2, -0.15) is 5.10 Å². The van der Waals surface area contributed by atoms with E-state index in [0.29, 0.717) is 12.4 Å². The molecule has 1 amide bonds. The first kappa shape index (κ1) is 26.7. The van der Waals surface area contributed by atoms with Crippen LogP contribution in [0.4, 0.5) is 5.69 Å². The van der Waals surface area contributed by atoms with Crippen LogP contribution in [-0.4, -0.2) is 39.8 Å². The zero-order valence-electron chi connectivity index (χ0n) is 20.8. The van der Waals surface area contributed by atoms with Crippen LogP contribution >= 0.6 is 0 Å². The minimum Gasteiger partial charge on any atom is -0.492 e. The van der Waals surface area contributed by atoms with Crippen molar-refractivity contribution in [3.8, 4) is 11.5 Å². The Kier molecular flexibility index (Phi) is 9.08. The van der Waals surface area contributed by atoms with Crippen LogP contribution in [-0.2, 0) is 14.8 Å². The number of sulfonamides is 1. The summed E-state index contributed by atoms with van der Waals surface area (Å²) < 4.78 is 39.4. The molecule has 0 heterocycles. The molecule has 190 valence electrons. The van der Waals surface area contributed by atoms with Crippen molar-refractivity contribution >= 4 is 27.8 Å². The second-order valence-electron chi connectivity index (χ2n) is 8.25. The molecule has 0 unspecified atom stereocenters. The van der Waals surface area contributed by atoms with Gasteiger partial charge in [0.25, 0.3) is 15.9 Å². The molecule has 8 nitrogen and oxygen atoms in total. The number of nitrogens with zero attached hydrogens (tertiary/aromatic N) is 2. The molecule has 0 atom stereocenters. The van der Waals surface area contributed by atoms with E-state index < -0.39 is 22.5 Å². The lowest BCUT2D eigenvalue weighted by molar-refractivity contribution is -0.119. The molecule has 0 saturated heterocycles. The van der Waals surface area contributed by atoms with Gasteiger partial charge in [-0.15, -0.1) is 0 Å². The number of carbonyl (C=O) groups excluding carboxylic acids is 1. The van der Waals surface area contributed by atoms with Crippen LogP contribution in [0.5, 0.6) is 11.5 Å². The molecule has 3 rings (SSSR count). The van der Waals surface area contributed by atoms with Crippen LogP contribution in [0.15, 0.2) is 82.8 Å². The van der Waals surface area contributed by atoms with Gasteiger partial charge in [-0.05, 0) is 81.8 Å². The molecule has 0 radical (unpaired) electrons. The third-order valence-corrected chi connectivity index (χ3v) is 6.76. The van der Waals surface area contributed by atoms with Crippen LogP contribution in [0.1, 0.15) is 31.9 Å². The summed E-state index contributed by atoms with van der Waals surface area (Å²) in [5.41, 5.74) is 4.35. The smallest absolute Gasteiger partial charge is 0.264 e. The van der Waals surface area contributed by atoms with Gasteiger partial charge in [-0.3, -0.25) is 9.10 Å². The third kappa shape index (κ3) is 7.08. The summed E-state index contributed by atoms with van der Waals surface area (Å²) in [6.07, 6.45) is 1.54. The molecule has 1 N–H and O–H groups in total. The Hall–Kier alpha value is -3.85. The summed E-state index contributed by atoms with van der Waals surface area (Å²) in [5.74, 6) is 0.486. The molecule has 0 fully saturated rings. The number of ether oxygens (including phenoxy) is 2. The molecular weight excluding hydrogens is 478 g/mol. The molecule has 0 bridgehead atoms. The van der Waals surface area contributed by atoms with E-state index in [2.05, 4.69) is 10.5 Å². The quantitative estimate of drug-likeness (QED) is 0.303. The predicted octanol–water partition coefficient (Wildman–Crippen LogP) is 4.53. The lowest BCUT2D eigenvalue weighted by atomic mass is 10.2. The first-order chi connectivity index (χ1) is 17.2. The summed E-state index contributed by atoms with van der Waals surface area (Å²) in [6.45, 7) is 7.42. The maximum atomic E-state index is 13.6. The summed E-state index contributed by atoms with van der Waals surface area (Å²) >= 11 is 0. The molecule has 36 heavy (non-hydrogen) atoms. The van der Waals surface area contributed by atoms with Gasteiger partial charge in [-0.25, -0.2) is 13.8 Å². The molecule has 0 aliphatic carbocycles. The number of carbonyl (C=O) groups is 1. The minimum atomic E-state index is -4.07. The number of hydrazone groups is 1. The lowest BCUT2D eigenvalue weighted by Crippen LogP contribution is -2.39. The van der Waals surface area contributed by atoms with Crippen LogP contribution in [0, 0.1) is 6.92 Å². The maximum Gasteiger partial charge on any atom is 0.264 e. The number of amides is 1.